The summed E-state index contributed by atoms with van der Waals surface area (Å²) in [5.74, 6) is 0.743. The van der Waals surface area contributed by atoms with Crippen molar-refractivity contribution in [2.75, 3.05) is 12.4 Å². The van der Waals surface area contributed by atoms with Gasteiger partial charge >= 0.3 is 0 Å². The van der Waals surface area contributed by atoms with E-state index in [0.717, 1.165) is 44.3 Å². The van der Waals surface area contributed by atoms with Crippen molar-refractivity contribution in [2.45, 2.75) is 11.5 Å². The summed E-state index contributed by atoms with van der Waals surface area (Å²) in [6.45, 7) is 0.0155. The third-order valence-corrected chi connectivity index (χ3v) is 4.86. The van der Waals surface area contributed by atoms with Gasteiger partial charge in [0.1, 0.15) is 17.8 Å². The number of hydrogen-bond donors (Lipinski definition) is 4. The van der Waals surface area contributed by atoms with Crippen LogP contribution >= 0.6 is 11.9 Å². The Morgan fingerprint density at radius 3 is 2.81 bits per heavy atom. The maximum atomic E-state index is 9.37. The summed E-state index contributed by atoms with van der Waals surface area (Å²) in [6, 6.07) is 17.9. The molecule has 0 unspecified atom stereocenters. The molecule has 2 aromatic carbocycles. The standard InChI is InChI=1S/C20H19N5OS/c1-21-27-16-7-3-6-15(9-16)24-19-17-10-18(25-20(17)23-12-22-19)14-5-2-4-13(8-14)11-26/h2-10,12,21,26H,11H2,1H3,(H2,22,23,24,25). The molecule has 0 aliphatic heterocycles. The Bertz CT molecular complexity index is 1080. The predicted molar refractivity (Wildman–Crippen MR) is 110 cm³/mol. The number of aromatic nitrogens is 3. The van der Waals surface area contributed by atoms with E-state index in [1.165, 1.54) is 0 Å². The van der Waals surface area contributed by atoms with Crippen molar-refractivity contribution >= 4 is 34.5 Å². The first-order valence-electron chi connectivity index (χ1n) is 8.51. The van der Waals surface area contributed by atoms with Gasteiger partial charge in [-0.1, -0.05) is 24.3 Å². The van der Waals surface area contributed by atoms with E-state index in [1.807, 2.05) is 55.6 Å². The second-order valence-corrected chi connectivity index (χ2v) is 7.07. The molecule has 27 heavy (non-hydrogen) atoms. The van der Waals surface area contributed by atoms with Crippen LogP contribution in [-0.4, -0.2) is 27.1 Å². The molecule has 4 rings (SSSR count). The number of nitrogens with one attached hydrogen (secondary N) is 3. The molecule has 0 aliphatic carbocycles. The first-order valence-corrected chi connectivity index (χ1v) is 9.33. The van der Waals surface area contributed by atoms with Crippen molar-refractivity contribution in [3.8, 4) is 11.3 Å². The predicted octanol–water partition coefficient (Wildman–Crippen LogP) is 4.09. The zero-order valence-corrected chi connectivity index (χ0v) is 15.5. The molecule has 0 saturated heterocycles. The zero-order valence-electron chi connectivity index (χ0n) is 14.7. The summed E-state index contributed by atoms with van der Waals surface area (Å²) in [5, 5.41) is 13.7. The van der Waals surface area contributed by atoms with Crippen molar-refractivity contribution in [1.82, 2.24) is 19.7 Å². The summed E-state index contributed by atoms with van der Waals surface area (Å²) in [5.41, 5.74) is 4.52. The van der Waals surface area contributed by atoms with Crippen molar-refractivity contribution in [3.05, 3.63) is 66.5 Å². The van der Waals surface area contributed by atoms with Crippen LogP contribution < -0.4 is 10.0 Å². The Labute approximate surface area is 161 Å². The van der Waals surface area contributed by atoms with Crippen LogP contribution in [0.2, 0.25) is 0 Å². The van der Waals surface area contributed by atoms with E-state index < -0.39 is 0 Å². The van der Waals surface area contributed by atoms with Gasteiger partial charge in [-0.3, -0.25) is 4.72 Å². The minimum atomic E-state index is 0.0155. The van der Waals surface area contributed by atoms with Gasteiger partial charge in [0.05, 0.1) is 12.0 Å². The van der Waals surface area contributed by atoms with Gasteiger partial charge in [-0.05, 0) is 60.5 Å². The molecule has 0 fully saturated rings. The Balaban J connectivity index is 1.70. The monoisotopic (exact) mass is 377 g/mol. The summed E-state index contributed by atoms with van der Waals surface area (Å²) in [7, 11) is 1.89. The van der Waals surface area contributed by atoms with Crippen molar-refractivity contribution in [1.29, 1.82) is 0 Å². The Morgan fingerprint density at radius 2 is 1.96 bits per heavy atom. The average molecular weight is 377 g/mol. The minimum absolute atomic E-state index is 0.0155. The van der Waals surface area contributed by atoms with Crippen LogP contribution in [0.3, 0.4) is 0 Å². The quantitative estimate of drug-likeness (QED) is 0.379. The SMILES string of the molecule is CNSc1cccc(Nc2ncnc3[nH]c(-c4cccc(CO)c4)cc23)c1. The fourth-order valence-electron chi connectivity index (χ4n) is 2.92. The van der Waals surface area contributed by atoms with E-state index in [1.54, 1.807) is 18.3 Å². The molecule has 7 heteroatoms. The van der Waals surface area contributed by atoms with Crippen LogP contribution in [0, 0.1) is 0 Å². The molecule has 2 aromatic heterocycles. The number of H-pyrrole nitrogens is 1. The molecule has 0 bridgehead atoms. The average Bonchev–Trinajstić information content (AvgIpc) is 3.14. The molecule has 0 aliphatic rings. The molecule has 2 heterocycles. The van der Waals surface area contributed by atoms with E-state index in [9.17, 15) is 5.11 Å². The largest absolute Gasteiger partial charge is 0.392 e. The number of hydrogen-bond acceptors (Lipinski definition) is 6. The smallest absolute Gasteiger partial charge is 0.143 e. The van der Waals surface area contributed by atoms with Crippen LogP contribution in [0.15, 0.2) is 65.8 Å². The number of aromatic amines is 1. The summed E-state index contributed by atoms with van der Waals surface area (Å²) in [6.07, 6.45) is 1.54. The fraction of sp³-hybridized carbons (Fsp3) is 0.100. The summed E-state index contributed by atoms with van der Waals surface area (Å²) < 4.78 is 3.08. The number of benzene rings is 2. The molecular formula is C20H19N5OS. The van der Waals surface area contributed by atoms with E-state index in [-0.39, 0.29) is 6.61 Å². The van der Waals surface area contributed by atoms with Crippen LogP contribution in [-0.2, 0) is 6.61 Å². The lowest BCUT2D eigenvalue weighted by Crippen LogP contribution is -1.96. The number of fused-ring (bicyclic) bond motifs is 1. The van der Waals surface area contributed by atoms with E-state index in [2.05, 4.69) is 31.1 Å². The van der Waals surface area contributed by atoms with Crippen molar-refractivity contribution < 1.29 is 5.11 Å². The highest BCUT2D eigenvalue weighted by molar-refractivity contribution is 7.97. The third-order valence-electron chi connectivity index (χ3n) is 4.16. The lowest BCUT2D eigenvalue weighted by molar-refractivity contribution is 0.282. The lowest BCUT2D eigenvalue weighted by atomic mass is 10.1. The molecule has 0 radical (unpaired) electrons. The highest BCUT2D eigenvalue weighted by Crippen LogP contribution is 2.29. The molecule has 0 amide bonds. The number of rotatable bonds is 6. The molecule has 4 aromatic rings. The van der Waals surface area contributed by atoms with Crippen LogP contribution in [0.1, 0.15) is 5.56 Å². The Morgan fingerprint density at radius 1 is 1.07 bits per heavy atom. The molecule has 4 N–H and O–H groups in total. The molecule has 0 spiro atoms. The van der Waals surface area contributed by atoms with Crippen LogP contribution in [0.4, 0.5) is 11.5 Å². The van der Waals surface area contributed by atoms with Gasteiger partial charge in [-0.25, -0.2) is 9.97 Å². The highest BCUT2D eigenvalue weighted by Gasteiger charge is 2.10. The molecular weight excluding hydrogens is 358 g/mol. The van der Waals surface area contributed by atoms with Crippen LogP contribution in [0.25, 0.3) is 22.3 Å². The van der Waals surface area contributed by atoms with Gasteiger partial charge in [-0.2, -0.15) is 0 Å². The minimum Gasteiger partial charge on any atom is -0.392 e. The lowest BCUT2D eigenvalue weighted by Gasteiger charge is -2.07. The van der Waals surface area contributed by atoms with E-state index in [0.29, 0.717) is 0 Å². The van der Waals surface area contributed by atoms with Gasteiger partial charge in [0.15, 0.2) is 0 Å². The van der Waals surface area contributed by atoms with Gasteiger partial charge in [0, 0.05) is 16.3 Å². The second kappa shape index (κ2) is 7.79. The van der Waals surface area contributed by atoms with Gasteiger partial charge in [0.25, 0.3) is 0 Å². The van der Waals surface area contributed by atoms with Crippen molar-refractivity contribution in [2.24, 2.45) is 0 Å². The number of aliphatic hydroxyl groups is 1. The maximum absolute atomic E-state index is 9.37. The van der Waals surface area contributed by atoms with E-state index >= 15 is 0 Å². The van der Waals surface area contributed by atoms with Crippen molar-refractivity contribution in [3.63, 3.8) is 0 Å². The number of nitrogens with zero attached hydrogens (tertiary/aromatic N) is 2. The first kappa shape index (κ1) is 17.5. The Hall–Kier alpha value is -2.87. The molecule has 6 nitrogen and oxygen atoms in total. The Kier molecular flexibility index (Phi) is 5.06. The maximum Gasteiger partial charge on any atom is 0.143 e. The topological polar surface area (TPSA) is 85.9 Å². The molecule has 0 saturated carbocycles. The molecule has 136 valence electrons. The number of aliphatic hydroxyl groups excluding tert-OH is 1. The fourth-order valence-corrected chi connectivity index (χ4v) is 3.49. The molecule has 0 atom stereocenters. The van der Waals surface area contributed by atoms with Gasteiger partial charge < -0.3 is 15.4 Å². The summed E-state index contributed by atoms with van der Waals surface area (Å²) >= 11 is 1.56. The first-order chi connectivity index (χ1) is 13.3. The third kappa shape index (κ3) is 3.80. The summed E-state index contributed by atoms with van der Waals surface area (Å²) in [4.78, 5) is 13.2. The number of anilines is 2. The van der Waals surface area contributed by atoms with Gasteiger partial charge in [0.2, 0.25) is 0 Å². The van der Waals surface area contributed by atoms with Gasteiger partial charge in [-0.15, -0.1) is 0 Å². The second-order valence-electron chi connectivity index (χ2n) is 5.99. The van der Waals surface area contributed by atoms with Crippen LogP contribution in [0.5, 0.6) is 0 Å². The highest BCUT2D eigenvalue weighted by atomic mass is 32.2. The zero-order chi connectivity index (χ0) is 18.6. The van der Waals surface area contributed by atoms with E-state index in [4.69, 9.17) is 0 Å². The normalized spacial score (nSPS) is 11.0.